The molecule has 98 valence electrons. The number of hydrogen-bond donors (Lipinski definition) is 4. The number of aliphatic hydroxyl groups excluding tert-OH is 2. The number of benzene rings is 1. The second-order valence-electron chi connectivity index (χ2n) is 3.99. The molecule has 6 heteroatoms. The molecule has 0 radical (unpaired) electrons. The lowest BCUT2D eigenvalue weighted by molar-refractivity contribution is -0.141. The van der Waals surface area contributed by atoms with Gasteiger partial charge in [-0.2, -0.15) is 0 Å². The van der Waals surface area contributed by atoms with Crippen LogP contribution in [0, 0.1) is 6.92 Å². The molecule has 0 aliphatic rings. The Morgan fingerprint density at radius 3 is 2.33 bits per heavy atom. The Labute approximate surface area is 103 Å². The minimum atomic E-state index is -1.48. The van der Waals surface area contributed by atoms with Crippen LogP contribution >= 0.6 is 0 Å². The van der Waals surface area contributed by atoms with Crippen LogP contribution in [-0.2, 0) is 4.79 Å². The largest absolute Gasteiger partial charge is 0.481 e. The number of carboxylic acid groups (broad SMARTS) is 2. The highest BCUT2D eigenvalue weighted by Crippen LogP contribution is 2.22. The van der Waals surface area contributed by atoms with Crippen LogP contribution in [0.3, 0.4) is 0 Å². The molecule has 0 spiro atoms. The Kier molecular flexibility index (Phi) is 4.41. The van der Waals surface area contributed by atoms with Crippen molar-refractivity contribution in [1.29, 1.82) is 0 Å². The number of aliphatic hydroxyl groups is 2. The maximum absolute atomic E-state index is 10.9. The number of hydrogen-bond acceptors (Lipinski definition) is 4. The summed E-state index contributed by atoms with van der Waals surface area (Å²) in [4.78, 5) is 21.3. The molecule has 0 saturated carbocycles. The molecule has 6 nitrogen and oxygen atoms in total. The van der Waals surface area contributed by atoms with Crippen LogP contribution in [0.15, 0.2) is 18.2 Å². The lowest BCUT2D eigenvalue weighted by Crippen LogP contribution is -2.22. The summed E-state index contributed by atoms with van der Waals surface area (Å²) in [5.74, 6) is -2.39. The van der Waals surface area contributed by atoms with Crippen molar-refractivity contribution in [2.75, 3.05) is 0 Å². The van der Waals surface area contributed by atoms with E-state index in [0.717, 1.165) is 0 Å². The molecule has 0 aromatic heterocycles. The molecule has 4 N–H and O–H groups in total. The van der Waals surface area contributed by atoms with Crippen molar-refractivity contribution < 1.29 is 30.0 Å². The third-order valence-electron chi connectivity index (χ3n) is 2.58. The summed E-state index contributed by atoms with van der Waals surface area (Å²) in [6.45, 7) is 1.60. The number of aliphatic carboxylic acids is 1. The molecule has 0 saturated heterocycles. The van der Waals surface area contributed by atoms with Crippen LogP contribution < -0.4 is 0 Å². The Morgan fingerprint density at radius 2 is 1.83 bits per heavy atom. The standard InChI is InChI=1S/C12H14O6/c1-6-2-3-7(4-8(6)12(17)18)11(16)9(13)5-10(14)15/h2-4,9,11,13,16H,5H2,1H3,(H,14,15)(H,17,18). The second-order valence-corrected chi connectivity index (χ2v) is 3.99. The highest BCUT2D eigenvalue weighted by atomic mass is 16.4. The van der Waals surface area contributed by atoms with Crippen molar-refractivity contribution in [3.05, 3.63) is 34.9 Å². The van der Waals surface area contributed by atoms with E-state index >= 15 is 0 Å². The van der Waals surface area contributed by atoms with Gasteiger partial charge in [-0.15, -0.1) is 0 Å². The molecule has 0 amide bonds. The molecule has 1 rings (SSSR count). The van der Waals surface area contributed by atoms with Gasteiger partial charge in [-0.25, -0.2) is 4.79 Å². The number of carbonyl (C=O) groups is 2. The van der Waals surface area contributed by atoms with E-state index in [-0.39, 0.29) is 11.1 Å². The number of rotatable bonds is 5. The summed E-state index contributed by atoms with van der Waals surface area (Å²) < 4.78 is 0. The number of carboxylic acids is 2. The van der Waals surface area contributed by atoms with E-state index in [1.807, 2.05) is 0 Å². The van der Waals surface area contributed by atoms with Crippen LogP contribution in [0.4, 0.5) is 0 Å². The van der Waals surface area contributed by atoms with Gasteiger partial charge >= 0.3 is 11.9 Å². The van der Waals surface area contributed by atoms with E-state index < -0.39 is 30.6 Å². The van der Waals surface area contributed by atoms with Gasteiger partial charge in [-0.3, -0.25) is 4.79 Å². The summed E-state index contributed by atoms with van der Waals surface area (Å²) in [5, 5.41) is 36.6. The van der Waals surface area contributed by atoms with E-state index in [4.69, 9.17) is 10.2 Å². The van der Waals surface area contributed by atoms with Gasteiger partial charge in [0.1, 0.15) is 6.10 Å². The minimum absolute atomic E-state index is 0.00840. The first-order chi connectivity index (χ1) is 8.32. The zero-order valence-electron chi connectivity index (χ0n) is 9.70. The third kappa shape index (κ3) is 3.28. The van der Waals surface area contributed by atoms with Crippen molar-refractivity contribution in [2.24, 2.45) is 0 Å². The van der Waals surface area contributed by atoms with E-state index in [1.54, 1.807) is 6.92 Å². The van der Waals surface area contributed by atoms with E-state index in [0.29, 0.717) is 5.56 Å². The molecule has 0 fully saturated rings. The third-order valence-corrected chi connectivity index (χ3v) is 2.58. The Hall–Kier alpha value is -1.92. The van der Waals surface area contributed by atoms with Gasteiger partial charge in [0.2, 0.25) is 0 Å². The fourth-order valence-corrected chi connectivity index (χ4v) is 1.57. The van der Waals surface area contributed by atoms with Crippen molar-refractivity contribution >= 4 is 11.9 Å². The number of aryl methyl sites for hydroxylation is 1. The highest BCUT2D eigenvalue weighted by Gasteiger charge is 2.22. The fraction of sp³-hybridized carbons (Fsp3) is 0.333. The quantitative estimate of drug-likeness (QED) is 0.610. The SMILES string of the molecule is Cc1ccc(C(O)C(O)CC(=O)O)cc1C(=O)O. The molecule has 1 aromatic carbocycles. The Morgan fingerprint density at radius 1 is 1.22 bits per heavy atom. The molecule has 0 bridgehead atoms. The maximum atomic E-state index is 10.9. The second kappa shape index (κ2) is 5.61. The molecule has 0 aliphatic carbocycles. The molecular weight excluding hydrogens is 240 g/mol. The van der Waals surface area contributed by atoms with Gasteiger partial charge in [0, 0.05) is 0 Å². The fourth-order valence-electron chi connectivity index (χ4n) is 1.57. The molecule has 0 heterocycles. The predicted molar refractivity (Wildman–Crippen MR) is 61.4 cm³/mol. The summed E-state index contributed by atoms with van der Waals surface area (Å²) in [5.41, 5.74) is 0.701. The Bertz CT molecular complexity index is 468. The van der Waals surface area contributed by atoms with Crippen molar-refractivity contribution in [2.45, 2.75) is 25.6 Å². The molecule has 18 heavy (non-hydrogen) atoms. The zero-order valence-corrected chi connectivity index (χ0v) is 9.70. The predicted octanol–water partition coefficient (Wildman–Crippen LogP) is 0.562. The molecule has 2 unspecified atom stereocenters. The van der Waals surface area contributed by atoms with Crippen LogP contribution in [0.25, 0.3) is 0 Å². The summed E-state index contributed by atoms with van der Waals surface area (Å²) in [7, 11) is 0. The van der Waals surface area contributed by atoms with Crippen molar-refractivity contribution in [3.63, 3.8) is 0 Å². The van der Waals surface area contributed by atoms with Crippen LogP contribution in [0.5, 0.6) is 0 Å². The van der Waals surface area contributed by atoms with E-state index in [1.165, 1.54) is 18.2 Å². The Balaban J connectivity index is 2.99. The van der Waals surface area contributed by atoms with E-state index in [9.17, 15) is 19.8 Å². The summed E-state index contributed by atoms with van der Waals surface area (Å²) in [6, 6.07) is 4.18. The van der Waals surface area contributed by atoms with E-state index in [2.05, 4.69) is 0 Å². The lowest BCUT2D eigenvalue weighted by Gasteiger charge is -2.17. The first-order valence-electron chi connectivity index (χ1n) is 5.24. The van der Waals surface area contributed by atoms with Crippen LogP contribution in [0.1, 0.15) is 34.0 Å². The monoisotopic (exact) mass is 254 g/mol. The summed E-state index contributed by atoms with van der Waals surface area (Å²) in [6.07, 6.45) is -3.52. The first kappa shape index (κ1) is 14.1. The average molecular weight is 254 g/mol. The van der Waals surface area contributed by atoms with Gasteiger partial charge in [-0.05, 0) is 24.1 Å². The first-order valence-corrected chi connectivity index (χ1v) is 5.24. The van der Waals surface area contributed by atoms with Crippen molar-refractivity contribution in [3.8, 4) is 0 Å². The normalized spacial score (nSPS) is 13.9. The lowest BCUT2D eigenvalue weighted by atomic mass is 9.97. The molecule has 2 atom stereocenters. The minimum Gasteiger partial charge on any atom is -0.481 e. The van der Waals surface area contributed by atoms with Gasteiger partial charge in [0.15, 0.2) is 0 Å². The number of aromatic carboxylic acids is 1. The topological polar surface area (TPSA) is 115 Å². The smallest absolute Gasteiger partial charge is 0.335 e. The van der Waals surface area contributed by atoms with Gasteiger partial charge in [-0.1, -0.05) is 12.1 Å². The van der Waals surface area contributed by atoms with Gasteiger partial charge < -0.3 is 20.4 Å². The van der Waals surface area contributed by atoms with Gasteiger partial charge in [0.25, 0.3) is 0 Å². The molecule has 1 aromatic rings. The van der Waals surface area contributed by atoms with Crippen LogP contribution in [0.2, 0.25) is 0 Å². The molecular formula is C12H14O6. The molecule has 0 aliphatic heterocycles. The summed E-state index contributed by atoms with van der Waals surface area (Å²) >= 11 is 0. The maximum Gasteiger partial charge on any atom is 0.335 e. The zero-order chi connectivity index (χ0) is 13.9. The average Bonchev–Trinajstić information content (AvgIpc) is 2.27. The highest BCUT2D eigenvalue weighted by molar-refractivity contribution is 5.89. The van der Waals surface area contributed by atoms with Crippen molar-refractivity contribution in [1.82, 2.24) is 0 Å². The van der Waals surface area contributed by atoms with Gasteiger partial charge in [0.05, 0.1) is 18.1 Å². The van der Waals surface area contributed by atoms with Crippen LogP contribution in [-0.4, -0.2) is 38.5 Å².